The van der Waals surface area contributed by atoms with Gasteiger partial charge in [-0.1, -0.05) is 0 Å². The number of amides is 1. The first-order valence-electron chi connectivity index (χ1n) is 6.28. The van der Waals surface area contributed by atoms with Crippen LogP contribution < -0.4 is 5.32 Å². The van der Waals surface area contributed by atoms with Gasteiger partial charge in [0, 0.05) is 28.5 Å². The molecule has 104 valence electrons. The topological polar surface area (TPSA) is 75.1 Å². The molecule has 3 aromatic heterocycles. The summed E-state index contributed by atoms with van der Waals surface area (Å²) in [4.78, 5) is 17.4. The van der Waals surface area contributed by atoms with Gasteiger partial charge in [0.15, 0.2) is 10.8 Å². The maximum Gasteiger partial charge on any atom is 0.231 e. The van der Waals surface area contributed by atoms with Gasteiger partial charge < -0.3 is 5.32 Å². The lowest BCUT2D eigenvalue weighted by Crippen LogP contribution is -2.16. The summed E-state index contributed by atoms with van der Waals surface area (Å²) in [6.45, 7) is 5.80. The van der Waals surface area contributed by atoms with Gasteiger partial charge in [0.05, 0.1) is 12.1 Å². The van der Waals surface area contributed by atoms with Crippen molar-refractivity contribution in [1.82, 2.24) is 19.6 Å². The van der Waals surface area contributed by atoms with Crippen molar-refractivity contribution in [2.24, 2.45) is 0 Å². The molecule has 0 bridgehead atoms. The van der Waals surface area contributed by atoms with Gasteiger partial charge in [0.25, 0.3) is 0 Å². The number of aromatic nitrogens is 4. The third-order valence-corrected chi connectivity index (χ3v) is 4.15. The highest BCUT2D eigenvalue weighted by Crippen LogP contribution is 2.18. The van der Waals surface area contributed by atoms with E-state index in [-0.39, 0.29) is 5.91 Å². The fourth-order valence-corrected chi connectivity index (χ4v) is 2.93. The Bertz CT molecular complexity index is 782. The summed E-state index contributed by atoms with van der Waals surface area (Å²) in [7, 11) is 0. The third-order valence-electron chi connectivity index (χ3n) is 3.26. The Kier molecular flexibility index (Phi) is 3.06. The summed E-state index contributed by atoms with van der Waals surface area (Å²) in [6.07, 6.45) is 2.25. The summed E-state index contributed by atoms with van der Waals surface area (Å²) >= 11 is 1.54. The molecule has 0 aliphatic heterocycles. The number of rotatable bonds is 3. The van der Waals surface area contributed by atoms with Crippen molar-refractivity contribution >= 4 is 28.0 Å². The molecule has 0 spiro atoms. The second-order valence-electron chi connectivity index (χ2n) is 4.81. The van der Waals surface area contributed by atoms with Gasteiger partial charge in [-0.2, -0.15) is 5.10 Å². The Balaban J connectivity index is 1.77. The molecule has 2 N–H and O–H groups in total. The van der Waals surface area contributed by atoms with E-state index in [2.05, 4.69) is 20.5 Å². The molecule has 3 rings (SSSR count). The van der Waals surface area contributed by atoms with Gasteiger partial charge in [-0.15, -0.1) is 11.3 Å². The van der Waals surface area contributed by atoms with E-state index in [1.54, 1.807) is 11.3 Å². The lowest BCUT2D eigenvalue weighted by molar-refractivity contribution is -0.115. The van der Waals surface area contributed by atoms with E-state index in [1.807, 2.05) is 36.7 Å². The lowest BCUT2D eigenvalue weighted by atomic mass is 10.2. The van der Waals surface area contributed by atoms with Crippen LogP contribution in [0.15, 0.2) is 11.6 Å². The van der Waals surface area contributed by atoms with Crippen molar-refractivity contribution < 1.29 is 4.79 Å². The number of fused-ring (bicyclic) bond motifs is 1. The number of carbonyl (C=O) groups excluding carboxylic acids is 1. The number of nitrogens with one attached hydrogen (secondary N) is 2. The van der Waals surface area contributed by atoms with E-state index in [1.165, 1.54) is 0 Å². The number of aryl methyl sites for hydroxylation is 2. The zero-order valence-corrected chi connectivity index (χ0v) is 12.3. The Labute approximate surface area is 119 Å². The molecule has 0 aliphatic carbocycles. The van der Waals surface area contributed by atoms with Gasteiger partial charge >= 0.3 is 0 Å². The number of hydrogen-bond acceptors (Lipinski definition) is 4. The lowest BCUT2D eigenvalue weighted by Gasteiger charge is -2.02. The van der Waals surface area contributed by atoms with Crippen molar-refractivity contribution in [2.75, 3.05) is 5.32 Å². The van der Waals surface area contributed by atoms with Gasteiger partial charge in [-0.05, 0) is 20.8 Å². The number of thiazole rings is 1. The first-order chi connectivity index (χ1) is 9.54. The second kappa shape index (κ2) is 4.75. The van der Waals surface area contributed by atoms with Crippen LogP contribution in [0.5, 0.6) is 0 Å². The average molecular weight is 289 g/mol. The normalized spacial score (nSPS) is 11.2. The first kappa shape index (κ1) is 12.9. The largest absolute Gasteiger partial charge is 0.309 e. The minimum atomic E-state index is -0.0781. The number of imidazole rings is 1. The van der Waals surface area contributed by atoms with E-state index in [0.717, 1.165) is 27.6 Å². The number of anilines is 1. The molecule has 3 aromatic rings. The summed E-state index contributed by atoms with van der Waals surface area (Å²) in [6, 6.07) is 0. The monoisotopic (exact) mass is 289 g/mol. The van der Waals surface area contributed by atoms with E-state index < -0.39 is 0 Å². The highest BCUT2D eigenvalue weighted by Gasteiger charge is 2.13. The van der Waals surface area contributed by atoms with Gasteiger partial charge in [0.1, 0.15) is 0 Å². The second-order valence-corrected chi connectivity index (χ2v) is 5.65. The minimum Gasteiger partial charge on any atom is -0.309 e. The van der Waals surface area contributed by atoms with E-state index >= 15 is 0 Å². The van der Waals surface area contributed by atoms with Gasteiger partial charge in [-0.3, -0.25) is 14.3 Å². The van der Waals surface area contributed by atoms with E-state index in [9.17, 15) is 4.79 Å². The van der Waals surface area contributed by atoms with Crippen molar-refractivity contribution in [3.05, 3.63) is 34.2 Å². The quantitative estimate of drug-likeness (QED) is 0.776. The number of H-pyrrole nitrogens is 1. The standard InChI is InChI=1S/C13H15N5OS/c1-7-5-18-10(6-20-13(18)14-7)4-11(19)15-12-8(2)9(3)16-17-12/h5-6H,4H2,1-3H3,(H2,15,16,17,19). The molecular weight excluding hydrogens is 274 g/mol. The van der Waals surface area contributed by atoms with Crippen LogP contribution in [-0.2, 0) is 11.2 Å². The van der Waals surface area contributed by atoms with Crippen LogP contribution in [0, 0.1) is 20.8 Å². The van der Waals surface area contributed by atoms with Gasteiger partial charge in [-0.25, -0.2) is 4.98 Å². The fourth-order valence-electron chi connectivity index (χ4n) is 2.02. The number of carbonyl (C=O) groups is 1. The van der Waals surface area contributed by atoms with Crippen molar-refractivity contribution in [3.8, 4) is 0 Å². The molecule has 0 aliphatic rings. The third kappa shape index (κ3) is 2.20. The number of aromatic amines is 1. The predicted molar refractivity (Wildman–Crippen MR) is 78.2 cm³/mol. The van der Waals surface area contributed by atoms with Crippen LogP contribution >= 0.6 is 11.3 Å². The van der Waals surface area contributed by atoms with Crippen LogP contribution in [0.4, 0.5) is 5.82 Å². The van der Waals surface area contributed by atoms with Crippen molar-refractivity contribution in [1.29, 1.82) is 0 Å². The molecule has 0 fully saturated rings. The summed E-state index contributed by atoms with van der Waals surface area (Å²) in [5.41, 5.74) is 3.82. The van der Waals surface area contributed by atoms with Crippen LogP contribution in [0.1, 0.15) is 22.6 Å². The minimum absolute atomic E-state index is 0.0781. The van der Waals surface area contributed by atoms with Crippen LogP contribution in [-0.4, -0.2) is 25.5 Å². The molecule has 1 amide bonds. The molecular formula is C13H15N5OS. The summed E-state index contributed by atoms with van der Waals surface area (Å²) < 4.78 is 1.96. The Hall–Kier alpha value is -2.15. The van der Waals surface area contributed by atoms with E-state index in [0.29, 0.717) is 12.2 Å². The van der Waals surface area contributed by atoms with Crippen LogP contribution in [0.2, 0.25) is 0 Å². The highest BCUT2D eigenvalue weighted by atomic mass is 32.1. The first-order valence-corrected chi connectivity index (χ1v) is 7.16. The maximum atomic E-state index is 12.1. The Morgan fingerprint density at radius 3 is 2.95 bits per heavy atom. The fraction of sp³-hybridized carbons (Fsp3) is 0.308. The van der Waals surface area contributed by atoms with Crippen molar-refractivity contribution in [2.45, 2.75) is 27.2 Å². The molecule has 0 saturated heterocycles. The molecule has 20 heavy (non-hydrogen) atoms. The van der Waals surface area contributed by atoms with Crippen molar-refractivity contribution in [3.63, 3.8) is 0 Å². The molecule has 0 unspecified atom stereocenters. The Morgan fingerprint density at radius 1 is 1.45 bits per heavy atom. The number of hydrogen-bond donors (Lipinski definition) is 2. The zero-order valence-electron chi connectivity index (χ0n) is 11.5. The average Bonchev–Trinajstić information content (AvgIpc) is 3.02. The summed E-state index contributed by atoms with van der Waals surface area (Å²) in [5, 5.41) is 11.7. The maximum absolute atomic E-state index is 12.1. The summed E-state index contributed by atoms with van der Waals surface area (Å²) in [5.74, 6) is 0.520. The molecule has 6 nitrogen and oxygen atoms in total. The highest BCUT2D eigenvalue weighted by molar-refractivity contribution is 7.15. The molecule has 0 saturated carbocycles. The molecule has 7 heteroatoms. The van der Waals surface area contributed by atoms with Crippen LogP contribution in [0.3, 0.4) is 0 Å². The Morgan fingerprint density at radius 2 is 2.25 bits per heavy atom. The SMILES string of the molecule is Cc1cn2c(CC(=O)Nc3n[nH]c(C)c3C)csc2n1. The predicted octanol–water partition coefficient (Wildman–Crippen LogP) is 2.23. The van der Waals surface area contributed by atoms with Gasteiger partial charge in [0.2, 0.25) is 5.91 Å². The van der Waals surface area contributed by atoms with E-state index in [4.69, 9.17) is 0 Å². The smallest absolute Gasteiger partial charge is 0.231 e. The molecule has 0 atom stereocenters. The number of nitrogens with zero attached hydrogens (tertiary/aromatic N) is 3. The molecule has 0 radical (unpaired) electrons. The zero-order chi connectivity index (χ0) is 14.3. The van der Waals surface area contributed by atoms with Crippen LogP contribution in [0.25, 0.3) is 4.96 Å². The molecule has 3 heterocycles. The molecule has 0 aromatic carbocycles.